The zero-order chi connectivity index (χ0) is 18.2. The van der Waals surface area contributed by atoms with Crippen molar-refractivity contribution >= 4 is 11.9 Å². The SMILES string of the molecule is CC(C)(C)OC(=O)N[C@@]1(c2ccccc2)C(=O)c2ccccc2[C@H]1O. The number of ether oxygens (including phenoxy) is 1. The normalized spacial score (nSPS) is 22.4. The van der Waals surface area contributed by atoms with Gasteiger partial charge in [0.15, 0.2) is 11.3 Å². The summed E-state index contributed by atoms with van der Waals surface area (Å²) in [6.07, 6.45) is -1.96. The molecule has 3 rings (SSSR count). The number of hydrogen-bond donors (Lipinski definition) is 2. The Morgan fingerprint density at radius 1 is 1.08 bits per heavy atom. The highest BCUT2D eigenvalue weighted by Crippen LogP contribution is 2.45. The molecule has 1 aliphatic rings. The molecule has 5 nitrogen and oxygen atoms in total. The minimum absolute atomic E-state index is 0.354. The minimum Gasteiger partial charge on any atom is -0.444 e. The molecule has 25 heavy (non-hydrogen) atoms. The quantitative estimate of drug-likeness (QED) is 0.880. The van der Waals surface area contributed by atoms with Crippen molar-refractivity contribution in [1.29, 1.82) is 0 Å². The Hall–Kier alpha value is -2.66. The first kappa shape index (κ1) is 17.2. The highest BCUT2D eigenvalue weighted by molar-refractivity contribution is 6.10. The van der Waals surface area contributed by atoms with E-state index in [-0.39, 0.29) is 5.78 Å². The van der Waals surface area contributed by atoms with Crippen LogP contribution >= 0.6 is 0 Å². The molecule has 0 saturated heterocycles. The lowest BCUT2D eigenvalue weighted by Gasteiger charge is -2.33. The largest absolute Gasteiger partial charge is 0.444 e. The van der Waals surface area contributed by atoms with Gasteiger partial charge in [-0.25, -0.2) is 4.79 Å². The number of hydrogen-bond acceptors (Lipinski definition) is 4. The van der Waals surface area contributed by atoms with Crippen molar-refractivity contribution in [3.05, 3.63) is 71.3 Å². The van der Waals surface area contributed by atoms with Gasteiger partial charge in [-0.3, -0.25) is 4.79 Å². The van der Waals surface area contributed by atoms with Gasteiger partial charge in [0.2, 0.25) is 0 Å². The first-order valence-corrected chi connectivity index (χ1v) is 8.14. The van der Waals surface area contributed by atoms with Gasteiger partial charge >= 0.3 is 6.09 Å². The molecule has 0 spiro atoms. The molecular formula is C20H21NO4. The Labute approximate surface area is 146 Å². The highest BCUT2D eigenvalue weighted by Gasteiger charge is 2.55. The van der Waals surface area contributed by atoms with Gasteiger partial charge in [0.25, 0.3) is 0 Å². The number of carbonyl (C=O) groups is 2. The summed E-state index contributed by atoms with van der Waals surface area (Å²) in [4.78, 5) is 25.6. The Bertz CT molecular complexity index is 810. The van der Waals surface area contributed by atoms with E-state index in [4.69, 9.17) is 4.74 Å². The zero-order valence-corrected chi connectivity index (χ0v) is 14.4. The van der Waals surface area contributed by atoms with E-state index >= 15 is 0 Å². The maximum Gasteiger partial charge on any atom is 0.408 e. The minimum atomic E-state index is -1.60. The van der Waals surface area contributed by atoms with Crippen LogP contribution in [0.2, 0.25) is 0 Å². The fraction of sp³-hybridized carbons (Fsp3) is 0.300. The van der Waals surface area contributed by atoms with Gasteiger partial charge in [0.1, 0.15) is 11.7 Å². The molecule has 0 aromatic heterocycles. The number of benzene rings is 2. The Balaban J connectivity index is 2.10. The summed E-state index contributed by atoms with van der Waals surface area (Å²) in [5, 5.41) is 13.6. The molecule has 2 aromatic rings. The van der Waals surface area contributed by atoms with Gasteiger partial charge in [-0.1, -0.05) is 54.6 Å². The van der Waals surface area contributed by atoms with Crippen LogP contribution in [0, 0.1) is 0 Å². The van der Waals surface area contributed by atoms with Crippen LogP contribution in [0.1, 0.15) is 48.4 Å². The van der Waals surface area contributed by atoms with Gasteiger partial charge < -0.3 is 15.2 Å². The summed E-state index contributed by atoms with van der Waals surface area (Å²) >= 11 is 0. The van der Waals surface area contributed by atoms with E-state index in [1.54, 1.807) is 69.3 Å². The van der Waals surface area contributed by atoms with Crippen LogP contribution in [0.15, 0.2) is 54.6 Å². The van der Waals surface area contributed by atoms with Crippen LogP contribution in [-0.2, 0) is 10.3 Å². The third-order valence-corrected chi connectivity index (χ3v) is 4.20. The van der Waals surface area contributed by atoms with E-state index < -0.39 is 23.3 Å². The molecule has 0 saturated carbocycles. The van der Waals surface area contributed by atoms with Crippen molar-refractivity contribution in [3.63, 3.8) is 0 Å². The van der Waals surface area contributed by atoms with E-state index in [2.05, 4.69) is 5.32 Å². The number of aliphatic hydroxyl groups is 1. The van der Waals surface area contributed by atoms with Crippen molar-refractivity contribution in [2.75, 3.05) is 0 Å². The number of fused-ring (bicyclic) bond motifs is 1. The summed E-state index contributed by atoms with van der Waals surface area (Å²) in [6, 6.07) is 15.6. The smallest absolute Gasteiger partial charge is 0.408 e. The van der Waals surface area contributed by atoms with Crippen LogP contribution in [0.3, 0.4) is 0 Å². The second-order valence-electron chi connectivity index (χ2n) is 7.12. The van der Waals surface area contributed by atoms with E-state index in [1.807, 2.05) is 6.07 Å². The number of aliphatic hydroxyl groups excluding tert-OH is 1. The molecule has 1 aliphatic carbocycles. The fourth-order valence-electron chi connectivity index (χ4n) is 3.16. The summed E-state index contributed by atoms with van der Waals surface area (Å²) < 4.78 is 5.33. The van der Waals surface area contributed by atoms with Crippen LogP contribution in [0.4, 0.5) is 4.79 Å². The molecule has 0 radical (unpaired) electrons. The molecule has 1 amide bonds. The van der Waals surface area contributed by atoms with Gasteiger partial charge in [0, 0.05) is 5.56 Å². The van der Waals surface area contributed by atoms with Crippen molar-refractivity contribution < 1.29 is 19.4 Å². The Morgan fingerprint density at radius 3 is 2.28 bits per heavy atom. The number of amides is 1. The van der Waals surface area contributed by atoms with Crippen LogP contribution < -0.4 is 5.32 Å². The van der Waals surface area contributed by atoms with Gasteiger partial charge in [0.05, 0.1) is 0 Å². The lowest BCUT2D eigenvalue weighted by molar-refractivity contribution is 0.0237. The second kappa shape index (κ2) is 6.01. The Kier molecular flexibility index (Phi) is 4.13. The number of Topliss-reactive ketones (excluding diaryl/α,β-unsaturated/α-hetero) is 1. The van der Waals surface area contributed by atoms with Gasteiger partial charge in [-0.05, 0) is 31.9 Å². The molecule has 130 valence electrons. The molecule has 0 bridgehead atoms. The number of carbonyl (C=O) groups excluding carboxylic acids is 2. The van der Waals surface area contributed by atoms with Crippen LogP contribution in [0.25, 0.3) is 0 Å². The monoisotopic (exact) mass is 339 g/mol. The maximum atomic E-state index is 13.2. The summed E-state index contributed by atoms with van der Waals surface area (Å²) in [5.74, 6) is -0.354. The molecule has 2 atom stereocenters. The van der Waals surface area contributed by atoms with E-state index in [0.29, 0.717) is 16.7 Å². The van der Waals surface area contributed by atoms with Gasteiger partial charge in [-0.2, -0.15) is 0 Å². The van der Waals surface area contributed by atoms with E-state index in [0.717, 1.165) is 0 Å². The highest BCUT2D eigenvalue weighted by atomic mass is 16.6. The molecule has 0 heterocycles. The van der Waals surface area contributed by atoms with Crippen LogP contribution in [0.5, 0.6) is 0 Å². The Morgan fingerprint density at radius 2 is 1.68 bits per heavy atom. The summed E-state index contributed by atoms with van der Waals surface area (Å²) in [5.41, 5.74) is -0.925. The standard InChI is InChI=1S/C20H21NO4/c1-19(2,3)25-18(24)21-20(13-9-5-4-6-10-13)16(22)14-11-7-8-12-15(14)17(20)23/h4-12,16,22H,1-3H3,(H,21,24)/t16-,20-/m1/s1. The van der Waals surface area contributed by atoms with Crippen molar-refractivity contribution in [2.45, 2.75) is 38.0 Å². The van der Waals surface area contributed by atoms with Crippen LogP contribution in [-0.4, -0.2) is 22.6 Å². The zero-order valence-electron chi connectivity index (χ0n) is 14.4. The number of alkyl carbamates (subject to hydrolysis) is 1. The average Bonchev–Trinajstić information content (AvgIpc) is 2.77. The lowest BCUT2D eigenvalue weighted by Crippen LogP contribution is -2.53. The number of rotatable bonds is 2. The molecule has 0 unspecified atom stereocenters. The first-order valence-electron chi connectivity index (χ1n) is 8.14. The molecule has 0 fully saturated rings. The average molecular weight is 339 g/mol. The van der Waals surface area contributed by atoms with Crippen molar-refractivity contribution in [3.8, 4) is 0 Å². The summed E-state index contributed by atoms with van der Waals surface area (Å²) in [6.45, 7) is 5.22. The van der Waals surface area contributed by atoms with Gasteiger partial charge in [-0.15, -0.1) is 0 Å². The summed E-state index contributed by atoms with van der Waals surface area (Å²) in [7, 11) is 0. The number of ketones is 1. The predicted molar refractivity (Wildman–Crippen MR) is 93.2 cm³/mol. The molecule has 2 aromatic carbocycles. The second-order valence-corrected chi connectivity index (χ2v) is 7.12. The predicted octanol–water partition coefficient (Wildman–Crippen LogP) is 3.34. The molecule has 2 N–H and O–H groups in total. The van der Waals surface area contributed by atoms with E-state index in [9.17, 15) is 14.7 Å². The molecule has 5 heteroatoms. The molecular weight excluding hydrogens is 318 g/mol. The van der Waals surface area contributed by atoms with E-state index in [1.165, 1.54) is 0 Å². The topological polar surface area (TPSA) is 75.6 Å². The third-order valence-electron chi connectivity index (χ3n) is 4.20. The fourth-order valence-corrected chi connectivity index (χ4v) is 3.16. The first-order chi connectivity index (χ1) is 11.8. The third kappa shape index (κ3) is 2.91. The molecule has 0 aliphatic heterocycles. The number of nitrogens with one attached hydrogen (secondary N) is 1. The van der Waals surface area contributed by atoms with Crippen molar-refractivity contribution in [1.82, 2.24) is 5.32 Å². The maximum absolute atomic E-state index is 13.2. The lowest BCUT2D eigenvalue weighted by atomic mass is 9.84. The van der Waals surface area contributed by atoms with Crippen molar-refractivity contribution in [2.24, 2.45) is 0 Å².